The number of hydrogen-bond donors (Lipinski definition) is 2. The number of ether oxygens (including phenoxy) is 3. The van der Waals surface area contributed by atoms with E-state index in [1.165, 1.54) is 6.21 Å². The molecular weight excluding hydrogens is 474 g/mol. The molecule has 2 N–H and O–H groups in total. The van der Waals surface area contributed by atoms with Crippen LogP contribution in [0.3, 0.4) is 0 Å². The van der Waals surface area contributed by atoms with Gasteiger partial charge in [0.2, 0.25) is 0 Å². The zero-order chi connectivity index (χ0) is 27.8. The fraction of sp³-hybridized carbons (Fsp3) is 0.741. The highest BCUT2D eigenvalue weighted by atomic mass is 16.5. The molecule has 208 valence electrons. The van der Waals surface area contributed by atoms with Gasteiger partial charge in [0.15, 0.2) is 5.82 Å². The van der Waals surface area contributed by atoms with Crippen LogP contribution < -0.4 is 4.74 Å². The van der Waals surface area contributed by atoms with E-state index in [0.29, 0.717) is 48.4 Å². The molecule has 0 saturated carbocycles. The number of allylic oxidation sites excluding steroid dienone is 1. The van der Waals surface area contributed by atoms with Gasteiger partial charge in [-0.3, -0.25) is 9.79 Å². The van der Waals surface area contributed by atoms with Crippen molar-refractivity contribution in [1.29, 1.82) is 5.41 Å². The van der Waals surface area contributed by atoms with Crippen molar-refractivity contribution in [3.8, 4) is 6.01 Å². The molecule has 0 saturated heterocycles. The Balaban J connectivity index is 2.41. The van der Waals surface area contributed by atoms with Crippen LogP contribution in [0.4, 0.5) is 0 Å². The molecule has 1 aliphatic rings. The summed E-state index contributed by atoms with van der Waals surface area (Å²) in [6, 6.07) is 0.384. The van der Waals surface area contributed by atoms with Gasteiger partial charge in [-0.2, -0.15) is 9.67 Å². The van der Waals surface area contributed by atoms with Crippen molar-refractivity contribution in [2.75, 3.05) is 19.8 Å². The first kappa shape index (κ1) is 30.5. The van der Waals surface area contributed by atoms with Gasteiger partial charge in [-0.15, -0.1) is 5.10 Å². The van der Waals surface area contributed by atoms with Crippen molar-refractivity contribution >= 4 is 17.9 Å². The molecule has 0 spiro atoms. The first-order valence-electron chi connectivity index (χ1n) is 13.2. The molecule has 3 atom stereocenters. The molecule has 0 bridgehead atoms. The fourth-order valence-electron chi connectivity index (χ4n) is 3.89. The number of aliphatic imine (C=N–C) groups is 1. The van der Waals surface area contributed by atoms with E-state index in [9.17, 15) is 9.90 Å². The molecule has 2 heterocycles. The maximum Gasteiger partial charge on any atom is 0.317 e. The number of aromatic nitrogens is 3. The van der Waals surface area contributed by atoms with Crippen LogP contribution in [0.1, 0.15) is 74.1 Å². The van der Waals surface area contributed by atoms with Crippen molar-refractivity contribution < 1.29 is 24.1 Å². The van der Waals surface area contributed by atoms with E-state index in [-0.39, 0.29) is 31.1 Å². The summed E-state index contributed by atoms with van der Waals surface area (Å²) in [7, 11) is 0. The largest absolute Gasteiger partial charge is 0.494 e. The first-order chi connectivity index (χ1) is 17.4. The van der Waals surface area contributed by atoms with Crippen LogP contribution in [-0.4, -0.2) is 57.6 Å². The van der Waals surface area contributed by atoms with E-state index in [1.807, 2.05) is 6.92 Å². The summed E-state index contributed by atoms with van der Waals surface area (Å²) < 4.78 is 19.4. The SMILES string of the molecule is CC[C@@H]1C(c2nc(OCC(C)C)n(COCCC(C)C)n2)=NC=C(OCC(C)(C)C(=O)O)[C@H](C=N)[C@@H]1C. The number of hydrogen-bond acceptors (Lipinski definition) is 8. The smallest absolute Gasteiger partial charge is 0.317 e. The maximum atomic E-state index is 11.6. The van der Waals surface area contributed by atoms with Gasteiger partial charge >= 0.3 is 12.0 Å². The minimum Gasteiger partial charge on any atom is -0.494 e. The standard InChI is InChI=1S/C27H45N5O5/c1-9-20-19(6)21(12-28)22(37-15-27(7,8)25(33)34)13-29-23(20)24-30-26(36-14-18(4)5)32(31-24)16-35-11-10-17(2)3/h12-13,17-21,28H,9-11,14-16H2,1-8H3,(H,33,34)/t19-,20+,21-/m1/s1. The Morgan fingerprint density at radius 1 is 1.24 bits per heavy atom. The molecule has 1 aromatic rings. The van der Waals surface area contributed by atoms with Crippen LogP contribution in [0, 0.1) is 40.4 Å². The van der Waals surface area contributed by atoms with E-state index >= 15 is 0 Å². The molecule has 0 amide bonds. The second-order valence-corrected chi connectivity index (χ2v) is 11.2. The molecule has 0 fully saturated rings. The second-order valence-electron chi connectivity index (χ2n) is 11.2. The van der Waals surface area contributed by atoms with Crippen molar-refractivity contribution in [2.24, 2.45) is 40.0 Å². The van der Waals surface area contributed by atoms with Crippen LogP contribution in [-0.2, 0) is 21.0 Å². The molecule has 37 heavy (non-hydrogen) atoms. The highest BCUT2D eigenvalue weighted by Crippen LogP contribution is 2.35. The Morgan fingerprint density at radius 2 is 1.95 bits per heavy atom. The van der Waals surface area contributed by atoms with Crippen molar-refractivity contribution in [2.45, 2.75) is 75.0 Å². The van der Waals surface area contributed by atoms with Crippen molar-refractivity contribution in [3.05, 3.63) is 17.8 Å². The summed E-state index contributed by atoms with van der Waals surface area (Å²) in [5.74, 6) is 0.394. The average molecular weight is 520 g/mol. The maximum absolute atomic E-state index is 11.6. The number of nitrogens with zero attached hydrogens (tertiary/aromatic N) is 4. The molecule has 2 rings (SSSR count). The quantitative estimate of drug-likeness (QED) is 0.245. The fourth-order valence-corrected chi connectivity index (χ4v) is 3.89. The summed E-state index contributed by atoms with van der Waals surface area (Å²) in [5.41, 5.74) is -0.383. The van der Waals surface area contributed by atoms with Crippen molar-refractivity contribution in [1.82, 2.24) is 14.8 Å². The van der Waals surface area contributed by atoms with Crippen LogP contribution >= 0.6 is 0 Å². The number of rotatable bonds is 15. The lowest BCUT2D eigenvalue weighted by molar-refractivity contribution is -0.149. The van der Waals surface area contributed by atoms with Crippen LogP contribution in [0.25, 0.3) is 0 Å². The second kappa shape index (κ2) is 13.7. The topological polar surface area (TPSA) is 132 Å². The third kappa shape index (κ3) is 8.38. The van der Waals surface area contributed by atoms with E-state index < -0.39 is 11.4 Å². The highest BCUT2D eigenvalue weighted by molar-refractivity contribution is 6.00. The number of carboxylic acid groups (broad SMARTS) is 1. The highest BCUT2D eigenvalue weighted by Gasteiger charge is 2.36. The Hall–Kier alpha value is -2.75. The van der Waals surface area contributed by atoms with Gasteiger partial charge in [0, 0.05) is 18.7 Å². The molecule has 0 unspecified atom stereocenters. The van der Waals surface area contributed by atoms with Gasteiger partial charge in [0.05, 0.1) is 29.9 Å². The number of nitrogens with one attached hydrogen (secondary N) is 1. The molecule has 0 aliphatic carbocycles. The lowest BCUT2D eigenvalue weighted by atomic mass is 9.78. The number of aliphatic carboxylic acids is 1. The minimum atomic E-state index is -1.07. The average Bonchev–Trinajstić information content (AvgIpc) is 3.17. The summed E-state index contributed by atoms with van der Waals surface area (Å²) in [6.45, 7) is 17.1. The number of carboxylic acids is 1. The predicted octanol–water partition coefficient (Wildman–Crippen LogP) is 5.03. The Morgan fingerprint density at radius 3 is 2.51 bits per heavy atom. The third-order valence-corrected chi connectivity index (χ3v) is 6.48. The summed E-state index contributed by atoms with van der Waals surface area (Å²) in [4.78, 5) is 21.0. The van der Waals surface area contributed by atoms with Gasteiger partial charge in [0.25, 0.3) is 0 Å². The van der Waals surface area contributed by atoms with Crippen molar-refractivity contribution in [3.63, 3.8) is 0 Å². The molecular formula is C27H45N5O5. The minimum absolute atomic E-state index is 0.0271. The Labute approximate surface area is 221 Å². The third-order valence-electron chi connectivity index (χ3n) is 6.48. The zero-order valence-corrected chi connectivity index (χ0v) is 23.7. The monoisotopic (exact) mass is 519 g/mol. The van der Waals surface area contributed by atoms with Gasteiger partial charge in [-0.1, -0.05) is 41.5 Å². The van der Waals surface area contributed by atoms with Gasteiger partial charge < -0.3 is 24.7 Å². The van der Waals surface area contributed by atoms with Gasteiger partial charge in [0.1, 0.15) is 19.1 Å². The zero-order valence-electron chi connectivity index (χ0n) is 23.7. The summed E-state index contributed by atoms with van der Waals surface area (Å²) >= 11 is 0. The predicted molar refractivity (Wildman–Crippen MR) is 143 cm³/mol. The molecule has 1 aromatic heterocycles. The molecule has 10 nitrogen and oxygen atoms in total. The lowest BCUT2D eigenvalue weighted by Crippen LogP contribution is -2.32. The molecule has 1 aliphatic heterocycles. The normalized spacial score (nSPS) is 20.4. The first-order valence-corrected chi connectivity index (χ1v) is 13.2. The van der Waals surface area contributed by atoms with Crippen LogP contribution in [0.2, 0.25) is 0 Å². The Bertz CT molecular complexity index is 966. The molecule has 0 radical (unpaired) electrons. The molecule has 0 aromatic carbocycles. The van der Waals surface area contributed by atoms with E-state index in [0.717, 1.165) is 12.8 Å². The van der Waals surface area contributed by atoms with Gasteiger partial charge in [-0.25, -0.2) is 0 Å². The Kier molecular flexibility index (Phi) is 11.3. The van der Waals surface area contributed by atoms with Gasteiger partial charge in [-0.05, 0) is 44.4 Å². The van der Waals surface area contributed by atoms with E-state index in [1.54, 1.807) is 24.7 Å². The summed E-state index contributed by atoms with van der Waals surface area (Å²) in [5, 5.41) is 22.3. The van der Waals surface area contributed by atoms with Crippen LogP contribution in [0.5, 0.6) is 6.01 Å². The van der Waals surface area contributed by atoms with Crippen LogP contribution in [0.15, 0.2) is 17.0 Å². The molecule has 10 heteroatoms. The van der Waals surface area contributed by atoms with E-state index in [4.69, 9.17) is 34.7 Å². The lowest BCUT2D eigenvalue weighted by Gasteiger charge is -2.29. The number of carbonyl (C=O) groups is 1. The summed E-state index contributed by atoms with van der Waals surface area (Å²) in [6.07, 6.45) is 4.64. The van der Waals surface area contributed by atoms with E-state index in [2.05, 4.69) is 34.6 Å².